The van der Waals surface area contributed by atoms with Crippen LogP contribution in [0.5, 0.6) is 0 Å². The molecule has 8 rings (SSSR count). The highest BCUT2D eigenvalue weighted by atomic mass is 16.8. The molecule has 0 radical (unpaired) electrons. The Kier molecular flexibility index (Phi) is 33.3. The molecule has 108 heavy (non-hydrogen) atoms. The van der Waals surface area contributed by atoms with Gasteiger partial charge in [0, 0.05) is 27.7 Å². The summed E-state index contributed by atoms with van der Waals surface area (Å²) in [5.74, 6) is -3.54. The Labute approximate surface area is 612 Å². The molecule has 48 heteroatoms. The first kappa shape index (κ1) is 89.4. The van der Waals surface area contributed by atoms with E-state index >= 15 is 0 Å². The Balaban J connectivity index is 1.06. The minimum atomic E-state index is -2.47. The van der Waals surface area contributed by atoms with Gasteiger partial charge >= 0.3 is 0 Å². The van der Waals surface area contributed by atoms with Crippen LogP contribution in [0.25, 0.3) is 0 Å². The Morgan fingerprint density at radius 2 is 0.583 bits per heavy atom. The molecule has 5 amide bonds. The number of amides is 5. The van der Waals surface area contributed by atoms with Gasteiger partial charge < -0.3 is 215 Å². The van der Waals surface area contributed by atoms with Gasteiger partial charge in [-0.25, -0.2) is 0 Å². The van der Waals surface area contributed by atoms with E-state index < -0.39 is 341 Å². The van der Waals surface area contributed by atoms with Crippen molar-refractivity contribution in [3.05, 3.63) is 0 Å². The third kappa shape index (κ3) is 20.5. The molecule has 8 heterocycles. The third-order valence-electron chi connectivity index (χ3n) is 19.2. The lowest BCUT2D eigenvalue weighted by Crippen LogP contribution is -2.71. The molecule has 0 aliphatic carbocycles. The van der Waals surface area contributed by atoms with E-state index in [4.69, 9.17) is 75.8 Å². The second kappa shape index (κ2) is 40.2. The second-order valence-electron chi connectivity index (χ2n) is 26.8. The number of aliphatic hydroxyl groups is 22. The van der Waals surface area contributed by atoms with E-state index in [0.717, 1.165) is 27.7 Å². The average Bonchev–Trinajstić information content (AvgIpc) is 0.769. The standard InChI is InChI=1S/C60H101N5O43/c1-16(75)62-29-38(84)33(79)21(6-67)95-53(29)94-14-28-37(83)52(108-56-32(65-19(4)78)40(86)47(25(10-71)100-56)103-58-44(90)50(35(81)23(8-69)97-58)106-54-30(63-17(2)76)39(85)34(80)22(7-68)96-54)46(92)60(102-28)104-48-26(11-72)99-55(31(41(48)87)64-18(3)77)107-51-36(82)24(9-70)98-59(45(51)91)105-49-27(12-73)101-57(43(89)42(49)88)93-13-20(5-66)61-15-74/h15,20-60,66-73,79-92H,5-14H2,1-4H3,(H,61,74)(H,62,75)(H,63,76)(H,64,77)(H,65,78)/t20-,21-,22-,23-,24-,25-,26-,27-,28-,29-,30-,31-,32-,33-,34+,35+,36+,37+,38-,39-,40-,41-,42-,43-,44-,45-,46-,47-,48-,49-,50+,51+,52+,53-,54-,55+,56+,57-,58+,59+,60+/m1/s1. The van der Waals surface area contributed by atoms with E-state index in [0.29, 0.717) is 0 Å². The largest absolute Gasteiger partial charge is 0.394 e. The Hall–Kier alpha value is -4.17. The summed E-state index contributed by atoms with van der Waals surface area (Å²) in [4.78, 5) is 61.7. The summed E-state index contributed by atoms with van der Waals surface area (Å²) in [7, 11) is 0. The topological polar surface area (TPSA) is 738 Å². The first-order chi connectivity index (χ1) is 51.2. The van der Waals surface area contributed by atoms with Gasteiger partial charge in [-0.1, -0.05) is 0 Å². The number of carbonyl (C=O) groups is 5. The summed E-state index contributed by atoms with van der Waals surface area (Å²) in [5.41, 5.74) is 0. The Bertz CT molecular complexity index is 2830. The first-order valence-electron chi connectivity index (χ1n) is 34.3. The molecule has 48 nitrogen and oxygen atoms in total. The third-order valence-corrected chi connectivity index (χ3v) is 19.2. The van der Waals surface area contributed by atoms with Gasteiger partial charge in [0.15, 0.2) is 50.3 Å². The molecule has 0 aromatic carbocycles. The lowest BCUT2D eigenvalue weighted by atomic mass is 9.93. The second-order valence-corrected chi connectivity index (χ2v) is 26.8. The predicted molar refractivity (Wildman–Crippen MR) is 335 cm³/mol. The zero-order valence-electron chi connectivity index (χ0n) is 58.2. The van der Waals surface area contributed by atoms with Gasteiger partial charge in [0.25, 0.3) is 0 Å². The van der Waals surface area contributed by atoms with Crippen LogP contribution in [0, 0.1) is 0 Å². The number of rotatable bonds is 32. The molecule has 0 aromatic rings. The fourth-order valence-corrected chi connectivity index (χ4v) is 13.6. The van der Waals surface area contributed by atoms with Crippen LogP contribution in [0.4, 0.5) is 0 Å². The predicted octanol–water partition coefficient (Wildman–Crippen LogP) is -18.7. The van der Waals surface area contributed by atoms with Crippen LogP contribution >= 0.6 is 0 Å². The van der Waals surface area contributed by atoms with Crippen molar-refractivity contribution < 1.29 is 212 Å². The summed E-state index contributed by atoms with van der Waals surface area (Å²) in [6, 6.07) is -8.27. The Morgan fingerprint density at radius 3 is 0.926 bits per heavy atom. The molecule has 0 bridgehead atoms. The van der Waals surface area contributed by atoms with Gasteiger partial charge in [0.05, 0.1) is 72.1 Å². The van der Waals surface area contributed by atoms with E-state index in [9.17, 15) is 136 Å². The molecule has 0 spiro atoms. The summed E-state index contributed by atoms with van der Waals surface area (Å²) in [5, 5.41) is 256. The van der Waals surface area contributed by atoms with Gasteiger partial charge in [0.2, 0.25) is 30.0 Å². The van der Waals surface area contributed by atoms with E-state index in [1.54, 1.807) is 0 Å². The van der Waals surface area contributed by atoms with Crippen molar-refractivity contribution in [2.75, 3.05) is 66.1 Å². The smallest absolute Gasteiger partial charge is 0.217 e. The Morgan fingerprint density at radius 1 is 0.306 bits per heavy atom. The molecule has 8 saturated heterocycles. The maximum absolute atomic E-state index is 13.1. The van der Waals surface area contributed by atoms with Crippen molar-refractivity contribution in [1.82, 2.24) is 26.6 Å². The zero-order chi connectivity index (χ0) is 79.6. The zero-order valence-corrected chi connectivity index (χ0v) is 58.2. The SMILES string of the molecule is CC(=O)N[C@H]1[C@H](O[C@H]2[C@@H](O)[C@@H](CO)O[C@@H](O[C@H]3[C@H](O)[C@@H](O)[C@H](OC[C@@H](CO)NC=O)O[C@@H]3CO)[C@@H]2O)O[C@H](CO)[C@@H](O[C@@H]2O[C@H](CO[C@@H]3O[C@H](CO)[C@@H](O)[C@H](O)[C@H]3NC(C)=O)[C@H](O)[C@H](O[C@@H]3O[C@H](CO)[C@@H](O[C@@H]4O[C@H](CO)[C@H](O)[C@H](O[C@H]5O[C@H](CO)[C@H](O)[C@H](O)[C@H]5NC(C)=O)[C@H]4O)[C@H](O)[C@H]3NC(C)=O)[C@H]2O)[C@@H]1O. The minimum Gasteiger partial charge on any atom is -0.394 e. The van der Waals surface area contributed by atoms with Crippen molar-refractivity contribution in [3.8, 4) is 0 Å². The number of nitrogens with one attached hydrogen (secondary N) is 5. The fraction of sp³-hybridized carbons (Fsp3) is 0.917. The van der Waals surface area contributed by atoms with E-state index in [1.807, 2.05) is 0 Å². The average molecular weight is 1580 g/mol. The molecule has 0 unspecified atom stereocenters. The van der Waals surface area contributed by atoms with Crippen molar-refractivity contribution in [2.45, 2.75) is 279 Å². The maximum atomic E-state index is 13.1. The molecule has 8 aliphatic rings. The quantitative estimate of drug-likeness (QED) is 0.0278. The lowest BCUT2D eigenvalue weighted by Gasteiger charge is -2.51. The van der Waals surface area contributed by atoms with Crippen LogP contribution in [-0.2, 0) is 99.8 Å². The van der Waals surface area contributed by atoms with Crippen LogP contribution in [0.3, 0.4) is 0 Å². The molecule has 8 aliphatic heterocycles. The molecular formula is C60H101N5O43. The molecule has 8 fully saturated rings. The van der Waals surface area contributed by atoms with Gasteiger partial charge in [-0.05, 0) is 0 Å². The van der Waals surface area contributed by atoms with Crippen LogP contribution in [0.15, 0.2) is 0 Å². The van der Waals surface area contributed by atoms with Gasteiger partial charge in [-0.3, -0.25) is 24.0 Å². The monoisotopic (exact) mass is 1580 g/mol. The first-order valence-corrected chi connectivity index (χ1v) is 34.3. The molecule has 41 atom stereocenters. The highest BCUT2D eigenvalue weighted by molar-refractivity contribution is 5.74. The van der Waals surface area contributed by atoms with Crippen molar-refractivity contribution in [1.29, 1.82) is 0 Å². The van der Waals surface area contributed by atoms with Gasteiger partial charge in [-0.2, -0.15) is 0 Å². The number of hydrogen-bond donors (Lipinski definition) is 27. The van der Waals surface area contributed by atoms with Crippen LogP contribution in [-0.4, -0.2) is 460 Å². The number of hydrogen-bond acceptors (Lipinski definition) is 43. The number of carbonyl (C=O) groups excluding carboxylic acids is 5. The highest BCUT2D eigenvalue weighted by Gasteiger charge is 2.60. The molecule has 27 N–H and O–H groups in total. The van der Waals surface area contributed by atoms with E-state index in [-0.39, 0.29) is 6.41 Å². The summed E-state index contributed by atoms with van der Waals surface area (Å²) in [6.45, 7) is -5.61. The van der Waals surface area contributed by atoms with Gasteiger partial charge in [-0.15, -0.1) is 0 Å². The summed E-state index contributed by atoms with van der Waals surface area (Å²) < 4.78 is 93.9. The normalized spacial score (nSPS) is 46.2. The maximum Gasteiger partial charge on any atom is 0.217 e. The minimum absolute atomic E-state index is 0.253. The van der Waals surface area contributed by atoms with Crippen LogP contribution in [0.2, 0.25) is 0 Å². The van der Waals surface area contributed by atoms with Crippen molar-refractivity contribution >= 4 is 30.0 Å². The van der Waals surface area contributed by atoms with Gasteiger partial charge in [0.1, 0.15) is 195 Å². The molecule has 0 saturated carbocycles. The summed E-state index contributed by atoms with van der Waals surface area (Å²) >= 11 is 0. The highest BCUT2D eigenvalue weighted by Crippen LogP contribution is 2.39. The van der Waals surface area contributed by atoms with Crippen molar-refractivity contribution in [3.63, 3.8) is 0 Å². The van der Waals surface area contributed by atoms with E-state index in [1.165, 1.54) is 0 Å². The summed E-state index contributed by atoms with van der Waals surface area (Å²) in [6.07, 6.45) is -72.2. The van der Waals surface area contributed by atoms with Crippen LogP contribution in [0.1, 0.15) is 27.7 Å². The molecule has 0 aromatic heterocycles. The van der Waals surface area contributed by atoms with Crippen molar-refractivity contribution in [2.24, 2.45) is 0 Å². The fourth-order valence-electron chi connectivity index (χ4n) is 13.6. The lowest BCUT2D eigenvalue weighted by molar-refractivity contribution is -0.390. The van der Waals surface area contributed by atoms with Crippen LogP contribution < -0.4 is 26.6 Å². The van der Waals surface area contributed by atoms with E-state index in [2.05, 4.69) is 26.6 Å². The number of aliphatic hydroxyl groups excluding tert-OH is 22. The number of ether oxygens (including phenoxy) is 16. The molecule has 624 valence electrons. The molecular weight excluding hydrogens is 1480 g/mol.